The summed E-state index contributed by atoms with van der Waals surface area (Å²) in [5.74, 6) is 1.62. The van der Waals surface area contributed by atoms with Crippen LogP contribution >= 0.6 is 15.9 Å². The van der Waals surface area contributed by atoms with Gasteiger partial charge in [-0.1, -0.05) is 28.1 Å². The van der Waals surface area contributed by atoms with Crippen LogP contribution in [0.15, 0.2) is 71.5 Å². The van der Waals surface area contributed by atoms with E-state index >= 15 is 0 Å². The van der Waals surface area contributed by atoms with E-state index in [1.165, 1.54) is 0 Å². The Balaban J connectivity index is 1.69. The van der Waals surface area contributed by atoms with Crippen molar-refractivity contribution in [2.75, 3.05) is 12.4 Å². The Kier molecular flexibility index (Phi) is 5.33. The maximum Gasteiger partial charge on any atom is 0.123 e. The van der Waals surface area contributed by atoms with Gasteiger partial charge in [0, 0.05) is 22.4 Å². The quantitative estimate of drug-likeness (QED) is 0.635. The largest absolute Gasteiger partial charge is 0.497 e. The monoisotopic (exact) mass is 384 g/mol. The minimum atomic E-state index is 0.493. The fourth-order valence-electron chi connectivity index (χ4n) is 2.21. The highest BCUT2D eigenvalue weighted by atomic mass is 79.9. The summed E-state index contributed by atoms with van der Waals surface area (Å²) >= 11 is 3.52. The lowest BCUT2D eigenvalue weighted by atomic mass is 10.2. The predicted octanol–water partition coefficient (Wildman–Crippen LogP) is 5.18. The molecule has 0 aliphatic rings. The number of hydrogen-bond donors (Lipinski definition) is 1. The molecular formula is C19H17BrN2O2. The number of rotatable bonds is 6. The molecule has 3 rings (SSSR count). The highest BCUT2D eigenvalue weighted by Crippen LogP contribution is 2.27. The Morgan fingerprint density at radius 2 is 1.83 bits per heavy atom. The molecule has 24 heavy (non-hydrogen) atoms. The minimum absolute atomic E-state index is 0.493. The molecule has 0 aliphatic carbocycles. The molecular weight excluding hydrogens is 368 g/mol. The van der Waals surface area contributed by atoms with Crippen LogP contribution in [0.1, 0.15) is 5.56 Å². The van der Waals surface area contributed by atoms with Crippen molar-refractivity contribution in [3.8, 4) is 11.5 Å². The standard InChI is InChI=1S/C19H17BrN2O2/c1-23-18-6-4-14(5-7-18)13-24-19-10-15(20)9-17(11-19)22-16-3-2-8-21-12-16/h2-12,22H,13H2,1H3. The first-order valence-electron chi connectivity index (χ1n) is 7.46. The highest BCUT2D eigenvalue weighted by molar-refractivity contribution is 9.10. The van der Waals surface area contributed by atoms with Crippen LogP contribution in [0.3, 0.4) is 0 Å². The molecule has 2 aromatic carbocycles. The molecule has 3 aromatic rings. The minimum Gasteiger partial charge on any atom is -0.497 e. The third-order valence-corrected chi connectivity index (χ3v) is 3.84. The topological polar surface area (TPSA) is 43.4 Å². The van der Waals surface area contributed by atoms with Crippen molar-refractivity contribution in [3.05, 3.63) is 77.0 Å². The van der Waals surface area contributed by atoms with E-state index < -0.39 is 0 Å². The van der Waals surface area contributed by atoms with Crippen LogP contribution in [0.2, 0.25) is 0 Å². The summed E-state index contributed by atoms with van der Waals surface area (Å²) in [6.45, 7) is 0.493. The van der Waals surface area contributed by atoms with Crippen molar-refractivity contribution < 1.29 is 9.47 Å². The van der Waals surface area contributed by atoms with Gasteiger partial charge in [-0.05, 0) is 42.0 Å². The molecule has 1 aromatic heterocycles. The van der Waals surface area contributed by atoms with Crippen molar-refractivity contribution in [3.63, 3.8) is 0 Å². The van der Waals surface area contributed by atoms with Crippen LogP contribution in [-0.4, -0.2) is 12.1 Å². The average Bonchev–Trinajstić information content (AvgIpc) is 2.61. The van der Waals surface area contributed by atoms with Gasteiger partial charge in [0.25, 0.3) is 0 Å². The van der Waals surface area contributed by atoms with E-state index in [1.54, 1.807) is 19.5 Å². The van der Waals surface area contributed by atoms with Gasteiger partial charge in [-0.3, -0.25) is 4.98 Å². The number of benzene rings is 2. The molecule has 0 amide bonds. The highest BCUT2D eigenvalue weighted by Gasteiger charge is 2.03. The molecule has 0 fully saturated rings. The first-order chi connectivity index (χ1) is 11.7. The number of pyridine rings is 1. The first kappa shape index (κ1) is 16.3. The lowest BCUT2D eigenvalue weighted by Crippen LogP contribution is -1.97. The van der Waals surface area contributed by atoms with E-state index in [4.69, 9.17) is 9.47 Å². The fraction of sp³-hybridized carbons (Fsp3) is 0.105. The SMILES string of the molecule is COc1ccc(COc2cc(Br)cc(Nc3cccnc3)c2)cc1. The number of nitrogens with one attached hydrogen (secondary N) is 1. The number of nitrogens with zero attached hydrogens (tertiary/aromatic N) is 1. The second-order valence-corrected chi connectivity index (χ2v) is 6.09. The van der Waals surface area contributed by atoms with Gasteiger partial charge in [0.2, 0.25) is 0 Å². The van der Waals surface area contributed by atoms with Gasteiger partial charge in [-0.15, -0.1) is 0 Å². The van der Waals surface area contributed by atoms with Gasteiger partial charge >= 0.3 is 0 Å². The number of ether oxygens (including phenoxy) is 2. The molecule has 1 heterocycles. The van der Waals surface area contributed by atoms with E-state index in [1.807, 2.05) is 54.6 Å². The van der Waals surface area contributed by atoms with Gasteiger partial charge in [0.15, 0.2) is 0 Å². The van der Waals surface area contributed by atoms with Gasteiger partial charge in [0.1, 0.15) is 18.1 Å². The van der Waals surface area contributed by atoms with E-state index in [9.17, 15) is 0 Å². The maximum atomic E-state index is 5.90. The number of halogens is 1. The molecule has 5 heteroatoms. The number of anilines is 2. The molecule has 0 bridgehead atoms. The zero-order valence-corrected chi connectivity index (χ0v) is 14.8. The van der Waals surface area contributed by atoms with Crippen LogP contribution in [0.25, 0.3) is 0 Å². The normalized spacial score (nSPS) is 10.2. The molecule has 4 nitrogen and oxygen atoms in total. The Morgan fingerprint density at radius 3 is 2.54 bits per heavy atom. The lowest BCUT2D eigenvalue weighted by Gasteiger charge is -2.11. The Hall–Kier alpha value is -2.53. The summed E-state index contributed by atoms with van der Waals surface area (Å²) in [4.78, 5) is 4.10. The van der Waals surface area contributed by atoms with Crippen LogP contribution in [0.4, 0.5) is 11.4 Å². The van der Waals surface area contributed by atoms with Gasteiger partial charge in [0.05, 0.1) is 19.0 Å². The van der Waals surface area contributed by atoms with E-state index in [-0.39, 0.29) is 0 Å². The fourth-order valence-corrected chi connectivity index (χ4v) is 2.68. The summed E-state index contributed by atoms with van der Waals surface area (Å²) in [7, 11) is 1.66. The third-order valence-electron chi connectivity index (χ3n) is 3.39. The summed E-state index contributed by atoms with van der Waals surface area (Å²) in [6, 6.07) is 17.6. The molecule has 0 radical (unpaired) electrons. The van der Waals surface area contributed by atoms with E-state index in [0.717, 1.165) is 32.9 Å². The van der Waals surface area contributed by atoms with Gasteiger partial charge in [-0.2, -0.15) is 0 Å². The Morgan fingerprint density at radius 1 is 1.00 bits per heavy atom. The van der Waals surface area contributed by atoms with Crippen molar-refractivity contribution in [2.24, 2.45) is 0 Å². The predicted molar refractivity (Wildman–Crippen MR) is 99.0 cm³/mol. The van der Waals surface area contributed by atoms with Gasteiger partial charge in [-0.25, -0.2) is 0 Å². The van der Waals surface area contributed by atoms with Crippen LogP contribution < -0.4 is 14.8 Å². The smallest absolute Gasteiger partial charge is 0.123 e. The zero-order valence-electron chi connectivity index (χ0n) is 13.2. The zero-order chi connectivity index (χ0) is 16.8. The second kappa shape index (κ2) is 7.84. The molecule has 122 valence electrons. The Labute approximate surface area is 149 Å². The first-order valence-corrected chi connectivity index (χ1v) is 8.25. The van der Waals surface area contributed by atoms with Crippen molar-refractivity contribution in [1.29, 1.82) is 0 Å². The second-order valence-electron chi connectivity index (χ2n) is 5.18. The van der Waals surface area contributed by atoms with Crippen LogP contribution in [-0.2, 0) is 6.61 Å². The molecule has 0 saturated heterocycles. The molecule has 0 spiro atoms. The van der Waals surface area contributed by atoms with Crippen LogP contribution in [0.5, 0.6) is 11.5 Å². The third kappa shape index (κ3) is 4.49. The van der Waals surface area contributed by atoms with E-state index in [2.05, 4.69) is 26.2 Å². The molecule has 1 N–H and O–H groups in total. The van der Waals surface area contributed by atoms with E-state index in [0.29, 0.717) is 6.61 Å². The number of hydrogen-bond acceptors (Lipinski definition) is 4. The van der Waals surface area contributed by atoms with Gasteiger partial charge < -0.3 is 14.8 Å². The number of aromatic nitrogens is 1. The Bertz CT molecular complexity index is 792. The summed E-state index contributed by atoms with van der Waals surface area (Å²) in [5.41, 5.74) is 2.94. The molecule has 0 atom stereocenters. The summed E-state index contributed by atoms with van der Waals surface area (Å²) in [5, 5.41) is 3.31. The number of methoxy groups -OCH3 is 1. The maximum absolute atomic E-state index is 5.90. The molecule has 0 unspecified atom stereocenters. The summed E-state index contributed by atoms with van der Waals surface area (Å²) < 4.78 is 12.0. The lowest BCUT2D eigenvalue weighted by molar-refractivity contribution is 0.306. The average molecular weight is 385 g/mol. The molecule has 0 saturated carbocycles. The van der Waals surface area contributed by atoms with Crippen molar-refractivity contribution in [2.45, 2.75) is 6.61 Å². The summed E-state index contributed by atoms with van der Waals surface area (Å²) in [6.07, 6.45) is 3.52. The van der Waals surface area contributed by atoms with Crippen molar-refractivity contribution in [1.82, 2.24) is 4.98 Å². The van der Waals surface area contributed by atoms with Crippen molar-refractivity contribution >= 4 is 27.3 Å². The molecule has 0 aliphatic heterocycles. The van der Waals surface area contributed by atoms with Crippen LogP contribution in [0, 0.1) is 0 Å².